The summed E-state index contributed by atoms with van der Waals surface area (Å²) < 4.78 is 5.27. The third kappa shape index (κ3) is 3.09. The fourth-order valence-corrected chi connectivity index (χ4v) is 3.21. The van der Waals surface area contributed by atoms with E-state index in [1.54, 1.807) is 4.90 Å². The second-order valence-electron chi connectivity index (χ2n) is 6.06. The molecule has 0 bridgehead atoms. The van der Waals surface area contributed by atoms with Gasteiger partial charge in [0.2, 0.25) is 5.91 Å². The fraction of sp³-hybridized carbons (Fsp3) is 0.929. The topological polar surface area (TPSA) is 61.8 Å². The van der Waals surface area contributed by atoms with Crippen molar-refractivity contribution < 1.29 is 14.6 Å². The van der Waals surface area contributed by atoms with Gasteiger partial charge in [0.15, 0.2) is 0 Å². The minimum absolute atomic E-state index is 0.167. The maximum Gasteiger partial charge on any atom is 0.229 e. The minimum atomic E-state index is -0.774. The van der Waals surface area contributed by atoms with Gasteiger partial charge >= 0.3 is 0 Å². The number of nitrogens with one attached hydrogen (secondary N) is 1. The van der Waals surface area contributed by atoms with Crippen LogP contribution < -0.4 is 5.32 Å². The average Bonchev–Trinajstić information content (AvgIpc) is 2.88. The third-order valence-corrected chi connectivity index (χ3v) is 4.68. The van der Waals surface area contributed by atoms with E-state index >= 15 is 0 Å². The van der Waals surface area contributed by atoms with Crippen molar-refractivity contribution in [2.75, 3.05) is 39.9 Å². The Bertz CT molecular complexity index is 321. The molecule has 110 valence electrons. The van der Waals surface area contributed by atoms with Crippen LogP contribution in [-0.2, 0) is 9.53 Å². The molecule has 0 aliphatic carbocycles. The number of carbonyl (C=O) groups excluding carboxylic acids is 1. The van der Waals surface area contributed by atoms with Crippen molar-refractivity contribution in [3.63, 3.8) is 0 Å². The highest BCUT2D eigenvalue weighted by Gasteiger charge is 2.43. The number of ether oxygens (including phenoxy) is 1. The highest BCUT2D eigenvalue weighted by Crippen LogP contribution is 2.32. The van der Waals surface area contributed by atoms with Crippen LogP contribution in [-0.4, -0.2) is 61.4 Å². The monoisotopic (exact) mass is 270 g/mol. The molecule has 19 heavy (non-hydrogen) atoms. The third-order valence-electron chi connectivity index (χ3n) is 4.68. The zero-order chi connectivity index (χ0) is 13.9. The van der Waals surface area contributed by atoms with E-state index in [1.165, 1.54) is 0 Å². The van der Waals surface area contributed by atoms with Gasteiger partial charge in [0, 0.05) is 46.2 Å². The first-order chi connectivity index (χ1) is 9.01. The van der Waals surface area contributed by atoms with Gasteiger partial charge in [0.05, 0.1) is 11.0 Å². The molecule has 5 heteroatoms. The van der Waals surface area contributed by atoms with Gasteiger partial charge in [0.25, 0.3) is 0 Å². The summed E-state index contributed by atoms with van der Waals surface area (Å²) >= 11 is 0. The van der Waals surface area contributed by atoms with Crippen LogP contribution in [0.2, 0.25) is 0 Å². The van der Waals surface area contributed by atoms with Crippen LogP contribution in [0.25, 0.3) is 0 Å². The van der Waals surface area contributed by atoms with Crippen LogP contribution in [0, 0.1) is 5.41 Å². The number of hydrogen-bond acceptors (Lipinski definition) is 4. The van der Waals surface area contributed by atoms with Crippen LogP contribution in [0.5, 0.6) is 0 Å². The predicted molar refractivity (Wildman–Crippen MR) is 72.9 cm³/mol. The fourth-order valence-electron chi connectivity index (χ4n) is 3.21. The molecule has 2 rings (SSSR count). The summed E-state index contributed by atoms with van der Waals surface area (Å²) in [5, 5.41) is 13.8. The van der Waals surface area contributed by atoms with Crippen molar-refractivity contribution in [3.05, 3.63) is 0 Å². The molecule has 2 fully saturated rings. The second-order valence-corrected chi connectivity index (χ2v) is 6.06. The van der Waals surface area contributed by atoms with E-state index in [4.69, 9.17) is 4.74 Å². The molecule has 1 unspecified atom stereocenters. The Labute approximate surface area is 115 Å². The van der Waals surface area contributed by atoms with Crippen molar-refractivity contribution in [1.29, 1.82) is 0 Å². The highest BCUT2D eigenvalue weighted by molar-refractivity contribution is 5.83. The number of nitrogens with zero attached hydrogens (tertiary/aromatic N) is 1. The maximum atomic E-state index is 12.7. The lowest BCUT2D eigenvalue weighted by atomic mass is 9.82. The molecule has 5 nitrogen and oxygen atoms in total. The first kappa shape index (κ1) is 14.8. The van der Waals surface area contributed by atoms with Gasteiger partial charge in [-0.3, -0.25) is 4.79 Å². The Kier molecular flexibility index (Phi) is 4.48. The lowest BCUT2D eigenvalue weighted by molar-refractivity contribution is -0.146. The summed E-state index contributed by atoms with van der Waals surface area (Å²) in [5.41, 5.74) is -1.04. The molecule has 2 saturated heterocycles. The Morgan fingerprint density at radius 2 is 2.05 bits per heavy atom. The Hall–Kier alpha value is -0.650. The lowest BCUT2D eigenvalue weighted by Gasteiger charge is -2.38. The second kappa shape index (κ2) is 5.77. The van der Waals surface area contributed by atoms with Gasteiger partial charge in [-0.05, 0) is 19.4 Å². The maximum absolute atomic E-state index is 12.7. The zero-order valence-corrected chi connectivity index (χ0v) is 12.1. The zero-order valence-electron chi connectivity index (χ0n) is 12.1. The minimum Gasteiger partial charge on any atom is -0.388 e. The summed E-state index contributed by atoms with van der Waals surface area (Å²) in [5.74, 6) is 0.167. The number of rotatable bonds is 4. The van der Waals surface area contributed by atoms with Crippen molar-refractivity contribution >= 4 is 5.91 Å². The molecule has 2 heterocycles. The van der Waals surface area contributed by atoms with Gasteiger partial charge in [-0.15, -0.1) is 0 Å². The summed E-state index contributed by atoms with van der Waals surface area (Å²) in [7, 11) is 1.81. The molecule has 1 atom stereocenters. The number of likely N-dealkylation sites (N-methyl/N-ethyl adjacent to an activating group) is 1. The number of carbonyl (C=O) groups is 1. The molecular formula is C14H26N2O3. The number of aliphatic hydroxyl groups is 1. The van der Waals surface area contributed by atoms with E-state index in [1.807, 2.05) is 7.05 Å². The van der Waals surface area contributed by atoms with Crippen molar-refractivity contribution in [1.82, 2.24) is 10.2 Å². The van der Waals surface area contributed by atoms with Crippen LogP contribution in [0.1, 0.15) is 32.6 Å². The van der Waals surface area contributed by atoms with Crippen LogP contribution in [0.15, 0.2) is 0 Å². The lowest BCUT2D eigenvalue weighted by Crippen LogP contribution is -2.51. The van der Waals surface area contributed by atoms with Gasteiger partial charge in [-0.2, -0.15) is 0 Å². The van der Waals surface area contributed by atoms with Crippen molar-refractivity contribution in [2.24, 2.45) is 5.41 Å². The summed E-state index contributed by atoms with van der Waals surface area (Å²) in [6.07, 6.45) is 2.98. The molecule has 0 spiro atoms. The molecule has 0 radical (unpaired) electrons. The molecule has 0 aromatic carbocycles. The predicted octanol–water partition coefficient (Wildman–Crippen LogP) is 0.376. The van der Waals surface area contributed by atoms with Crippen molar-refractivity contribution in [3.8, 4) is 0 Å². The van der Waals surface area contributed by atoms with Crippen LogP contribution >= 0.6 is 0 Å². The summed E-state index contributed by atoms with van der Waals surface area (Å²) in [6, 6.07) is 0. The summed E-state index contributed by atoms with van der Waals surface area (Å²) in [4.78, 5) is 14.4. The first-order valence-corrected chi connectivity index (χ1v) is 7.28. The largest absolute Gasteiger partial charge is 0.388 e. The molecule has 2 aliphatic heterocycles. The van der Waals surface area contributed by atoms with E-state index in [-0.39, 0.29) is 11.3 Å². The van der Waals surface area contributed by atoms with E-state index in [9.17, 15) is 9.90 Å². The Morgan fingerprint density at radius 1 is 1.37 bits per heavy atom. The molecule has 1 amide bonds. The van der Waals surface area contributed by atoms with E-state index in [0.29, 0.717) is 32.6 Å². The molecular weight excluding hydrogens is 244 g/mol. The van der Waals surface area contributed by atoms with Gasteiger partial charge in [-0.25, -0.2) is 0 Å². The van der Waals surface area contributed by atoms with Crippen LogP contribution in [0.3, 0.4) is 0 Å². The standard InChI is InChI=1S/C14H26N2O3/c1-3-13(4-7-15-10-13)12(17)16(2)11-14(18)5-8-19-9-6-14/h15,18H,3-11H2,1-2H3. The Balaban J connectivity index is 1.98. The van der Waals surface area contributed by atoms with E-state index < -0.39 is 5.60 Å². The quantitative estimate of drug-likeness (QED) is 0.775. The molecule has 0 saturated carbocycles. The summed E-state index contributed by atoms with van der Waals surface area (Å²) in [6.45, 7) is 5.32. The van der Waals surface area contributed by atoms with E-state index in [0.717, 1.165) is 25.9 Å². The first-order valence-electron chi connectivity index (χ1n) is 7.28. The highest BCUT2D eigenvalue weighted by atomic mass is 16.5. The molecule has 0 aromatic heterocycles. The van der Waals surface area contributed by atoms with Gasteiger partial charge < -0.3 is 20.1 Å². The van der Waals surface area contributed by atoms with Crippen molar-refractivity contribution in [2.45, 2.75) is 38.2 Å². The Morgan fingerprint density at radius 3 is 2.58 bits per heavy atom. The molecule has 2 aliphatic rings. The number of amides is 1. The van der Waals surface area contributed by atoms with E-state index in [2.05, 4.69) is 12.2 Å². The van der Waals surface area contributed by atoms with Gasteiger partial charge in [-0.1, -0.05) is 6.92 Å². The van der Waals surface area contributed by atoms with Crippen LogP contribution in [0.4, 0.5) is 0 Å². The smallest absolute Gasteiger partial charge is 0.229 e. The SMILES string of the molecule is CCC1(C(=O)N(C)CC2(O)CCOCC2)CCNC1. The normalized spacial score (nSPS) is 30.3. The molecule has 0 aromatic rings. The average molecular weight is 270 g/mol. The van der Waals surface area contributed by atoms with Gasteiger partial charge in [0.1, 0.15) is 0 Å². The molecule has 2 N–H and O–H groups in total. The number of hydrogen-bond donors (Lipinski definition) is 2.